The molecule has 0 bridgehead atoms. The van der Waals surface area contributed by atoms with E-state index in [-0.39, 0.29) is 11.0 Å². The Morgan fingerprint density at radius 1 is 1.11 bits per heavy atom. The molecule has 27 heavy (non-hydrogen) atoms. The summed E-state index contributed by atoms with van der Waals surface area (Å²) in [5.41, 5.74) is 1.78. The third kappa shape index (κ3) is 8.49. The van der Waals surface area contributed by atoms with Crippen LogP contribution in [0.15, 0.2) is 54.6 Å². The molecule has 0 atom stereocenters. The van der Waals surface area contributed by atoms with Crippen LogP contribution in [0.4, 0.5) is 0 Å². The summed E-state index contributed by atoms with van der Waals surface area (Å²) in [5, 5.41) is 6.44. The molecular formula is C20H24ClN3O2S. The summed E-state index contributed by atoms with van der Waals surface area (Å²) in [6, 6.07) is 16.9. The van der Waals surface area contributed by atoms with E-state index < -0.39 is 0 Å². The highest BCUT2D eigenvalue weighted by atomic mass is 35.5. The van der Waals surface area contributed by atoms with Gasteiger partial charge in [0.25, 0.3) is 5.91 Å². The molecular weight excluding hydrogens is 382 g/mol. The van der Waals surface area contributed by atoms with Gasteiger partial charge in [0.1, 0.15) is 0 Å². The molecule has 1 amide bonds. The number of nitrogens with one attached hydrogen (secondary N) is 2. The van der Waals surface area contributed by atoms with Crippen LogP contribution >= 0.6 is 23.8 Å². The van der Waals surface area contributed by atoms with Gasteiger partial charge in [-0.05, 0) is 49.1 Å². The quantitative estimate of drug-likeness (QED) is 0.496. The molecule has 0 aliphatic heterocycles. The zero-order chi connectivity index (χ0) is 19.5. The molecule has 5 nitrogen and oxygen atoms in total. The van der Waals surface area contributed by atoms with Crippen molar-refractivity contribution in [2.75, 3.05) is 33.4 Å². The standard InChI is InChI=1S/C20H24ClN3O2S/c1-24(15-16-5-3-2-4-6-16)12-14-26-13-11-22-20(27)23-19(25)17-7-9-18(21)10-8-17/h2-10H,11-15H2,1H3,(H2,22,23,25,27). The zero-order valence-electron chi connectivity index (χ0n) is 15.3. The molecule has 0 spiro atoms. The second kappa shape index (κ2) is 11.7. The number of rotatable bonds is 9. The first-order valence-corrected chi connectivity index (χ1v) is 9.48. The first kappa shape index (κ1) is 21.3. The Morgan fingerprint density at radius 2 is 1.81 bits per heavy atom. The Labute approximate surface area is 170 Å². The average Bonchev–Trinajstić information content (AvgIpc) is 2.65. The predicted molar refractivity (Wildman–Crippen MR) is 113 cm³/mol. The van der Waals surface area contributed by atoms with Crippen molar-refractivity contribution >= 4 is 34.8 Å². The summed E-state index contributed by atoms with van der Waals surface area (Å²) in [5.74, 6) is -0.271. The van der Waals surface area contributed by atoms with E-state index in [1.54, 1.807) is 24.3 Å². The Morgan fingerprint density at radius 3 is 2.52 bits per heavy atom. The molecule has 0 aliphatic carbocycles. The average molecular weight is 406 g/mol. The van der Waals surface area contributed by atoms with Crippen molar-refractivity contribution < 1.29 is 9.53 Å². The fraction of sp³-hybridized carbons (Fsp3) is 0.300. The third-order valence-corrected chi connectivity index (χ3v) is 4.28. The molecule has 0 unspecified atom stereocenters. The van der Waals surface area contributed by atoms with Crippen molar-refractivity contribution in [1.29, 1.82) is 0 Å². The monoisotopic (exact) mass is 405 g/mol. The number of halogens is 1. The van der Waals surface area contributed by atoms with Crippen LogP contribution in [0.1, 0.15) is 15.9 Å². The van der Waals surface area contributed by atoms with E-state index in [4.69, 9.17) is 28.6 Å². The number of amides is 1. The van der Waals surface area contributed by atoms with Crippen molar-refractivity contribution in [2.45, 2.75) is 6.54 Å². The Kier molecular flexibility index (Phi) is 9.21. The van der Waals surface area contributed by atoms with E-state index in [0.717, 1.165) is 13.1 Å². The lowest BCUT2D eigenvalue weighted by atomic mass is 10.2. The highest BCUT2D eigenvalue weighted by Gasteiger charge is 2.07. The highest BCUT2D eigenvalue weighted by Crippen LogP contribution is 2.09. The van der Waals surface area contributed by atoms with Gasteiger partial charge in [-0.25, -0.2) is 0 Å². The lowest BCUT2D eigenvalue weighted by Gasteiger charge is -2.17. The van der Waals surface area contributed by atoms with Crippen LogP contribution in [0.2, 0.25) is 5.02 Å². The molecule has 2 N–H and O–H groups in total. The van der Waals surface area contributed by atoms with Crippen molar-refractivity contribution in [3.8, 4) is 0 Å². The minimum atomic E-state index is -0.271. The van der Waals surface area contributed by atoms with Crippen molar-refractivity contribution in [3.05, 3.63) is 70.7 Å². The summed E-state index contributed by atoms with van der Waals surface area (Å²) in [6.07, 6.45) is 0. The second-order valence-corrected chi connectivity index (χ2v) is 6.90. The summed E-state index contributed by atoms with van der Waals surface area (Å²) >= 11 is 10.9. The smallest absolute Gasteiger partial charge is 0.257 e. The van der Waals surface area contributed by atoms with Crippen molar-refractivity contribution in [1.82, 2.24) is 15.5 Å². The largest absolute Gasteiger partial charge is 0.378 e. The molecule has 0 aromatic heterocycles. The molecule has 7 heteroatoms. The zero-order valence-corrected chi connectivity index (χ0v) is 16.9. The number of carbonyl (C=O) groups is 1. The number of carbonyl (C=O) groups excluding carboxylic acids is 1. The van der Waals surface area contributed by atoms with Crippen LogP contribution in [0.5, 0.6) is 0 Å². The van der Waals surface area contributed by atoms with Gasteiger partial charge in [0.2, 0.25) is 0 Å². The Hall–Kier alpha value is -1.99. The molecule has 2 aromatic rings. The van der Waals surface area contributed by atoms with Crippen molar-refractivity contribution in [3.63, 3.8) is 0 Å². The molecule has 0 radical (unpaired) electrons. The number of hydrogen-bond donors (Lipinski definition) is 2. The molecule has 0 heterocycles. The number of hydrogen-bond acceptors (Lipinski definition) is 4. The maximum absolute atomic E-state index is 12.0. The van der Waals surface area contributed by atoms with Gasteiger partial charge in [0.15, 0.2) is 5.11 Å². The van der Waals surface area contributed by atoms with Gasteiger partial charge in [-0.1, -0.05) is 41.9 Å². The third-order valence-electron chi connectivity index (χ3n) is 3.78. The minimum absolute atomic E-state index is 0.271. The molecule has 144 valence electrons. The van der Waals surface area contributed by atoms with E-state index in [1.165, 1.54) is 5.56 Å². The maximum atomic E-state index is 12.0. The van der Waals surface area contributed by atoms with Crippen LogP contribution in [0, 0.1) is 0 Å². The van der Waals surface area contributed by atoms with Crippen LogP contribution in [-0.4, -0.2) is 49.3 Å². The lowest BCUT2D eigenvalue weighted by molar-refractivity contribution is 0.0974. The summed E-state index contributed by atoms with van der Waals surface area (Å²) < 4.78 is 5.60. The van der Waals surface area contributed by atoms with Crippen molar-refractivity contribution in [2.24, 2.45) is 0 Å². The fourth-order valence-electron chi connectivity index (χ4n) is 2.35. The number of likely N-dealkylation sites (N-methyl/N-ethyl adjacent to an activating group) is 1. The van der Waals surface area contributed by atoms with E-state index >= 15 is 0 Å². The predicted octanol–water partition coefficient (Wildman–Crippen LogP) is 3.09. The molecule has 2 rings (SSSR count). The Balaban J connectivity index is 1.54. The van der Waals surface area contributed by atoms with E-state index in [9.17, 15) is 4.79 Å². The molecule has 0 saturated carbocycles. The molecule has 0 aliphatic rings. The summed E-state index contributed by atoms with van der Waals surface area (Å²) in [7, 11) is 2.07. The van der Waals surface area contributed by atoms with Gasteiger partial charge in [-0.2, -0.15) is 0 Å². The Bertz CT molecular complexity index is 726. The first-order chi connectivity index (χ1) is 13.0. The van der Waals surface area contributed by atoms with Crippen LogP contribution in [0.25, 0.3) is 0 Å². The number of benzene rings is 2. The molecule has 0 fully saturated rings. The topological polar surface area (TPSA) is 53.6 Å². The summed E-state index contributed by atoms with van der Waals surface area (Å²) in [6.45, 7) is 3.41. The van der Waals surface area contributed by atoms with Gasteiger partial charge >= 0.3 is 0 Å². The van der Waals surface area contributed by atoms with E-state index in [1.807, 2.05) is 18.2 Å². The van der Waals surface area contributed by atoms with Gasteiger partial charge in [-0.15, -0.1) is 0 Å². The molecule has 2 aromatic carbocycles. The number of ether oxygens (including phenoxy) is 1. The lowest BCUT2D eigenvalue weighted by Crippen LogP contribution is -2.40. The first-order valence-electron chi connectivity index (χ1n) is 8.69. The fourth-order valence-corrected chi connectivity index (χ4v) is 2.67. The van der Waals surface area contributed by atoms with E-state index in [0.29, 0.717) is 30.3 Å². The number of nitrogens with zero attached hydrogens (tertiary/aromatic N) is 1. The van der Waals surface area contributed by atoms with Gasteiger partial charge in [-0.3, -0.25) is 15.0 Å². The minimum Gasteiger partial charge on any atom is -0.378 e. The van der Waals surface area contributed by atoms with E-state index in [2.05, 4.69) is 34.7 Å². The van der Waals surface area contributed by atoms with Gasteiger partial charge in [0, 0.05) is 30.2 Å². The van der Waals surface area contributed by atoms with Crippen LogP contribution in [0.3, 0.4) is 0 Å². The van der Waals surface area contributed by atoms with Gasteiger partial charge in [0.05, 0.1) is 13.2 Å². The second-order valence-electron chi connectivity index (χ2n) is 6.05. The van der Waals surface area contributed by atoms with Crippen LogP contribution < -0.4 is 10.6 Å². The normalized spacial score (nSPS) is 10.6. The summed E-state index contributed by atoms with van der Waals surface area (Å²) in [4.78, 5) is 14.2. The SMILES string of the molecule is CN(CCOCCNC(=S)NC(=O)c1ccc(Cl)cc1)Cc1ccccc1. The van der Waals surface area contributed by atoms with Gasteiger partial charge < -0.3 is 10.1 Å². The highest BCUT2D eigenvalue weighted by molar-refractivity contribution is 7.80. The van der Waals surface area contributed by atoms with Crippen LogP contribution in [-0.2, 0) is 11.3 Å². The number of thiocarbonyl (C=S) groups is 1. The maximum Gasteiger partial charge on any atom is 0.257 e. The molecule has 0 saturated heterocycles.